The molecule has 0 aliphatic heterocycles. The maximum absolute atomic E-state index is 10.8. The minimum atomic E-state index is -0.699. The first kappa shape index (κ1) is 11.0. The fourth-order valence-electron chi connectivity index (χ4n) is 0.853. The molecule has 0 aromatic carbocycles. The van der Waals surface area contributed by atoms with E-state index in [1.54, 1.807) is 6.07 Å². The molecule has 0 spiro atoms. The van der Waals surface area contributed by atoms with E-state index in [1.165, 1.54) is 17.4 Å². The molecule has 0 unspecified atom stereocenters. The highest BCUT2D eigenvalue weighted by molar-refractivity contribution is 9.10. The molecule has 14 heavy (non-hydrogen) atoms. The maximum atomic E-state index is 10.8. The van der Waals surface area contributed by atoms with Gasteiger partial charge in [0.2, 0.25) is 0 Å². The minimum absolute atomic E-state index is 0.0289. The minimum Gasteiger partial charge on any atom is -0.365 e. The van der Waals surface area contributed by atoms with Gasteiger partial charge in [0.1, 0.15) is 11.6 Å². The molecule has 0 bridgehead atoms. The number of nitrogens with two attached hydrogens (primary N) is 1. The summed E-state index contributed by atoms with van der Waals surface area (Å²) in [6, 6.07) is 3.60. The SMILES string of the molecule is Cc1sc(/C=C(\C#N)C(N)=O)cc1Br. The van der Waals surface area contributed by atoms with E-state index in [1.807, 2.05) is 13.0 Å². The Morgan fingerprint density at radius 3 is 2.79 bits per heavy atom. The average Bonchev–Trinajstić information content (AvgIpc) is 2.41. The van der Waals surface area contributed by atoms with Crippen molar-refractivity contribution in [3.8, 4) is 6.07 Å². The third-order valence-corrected chi connectivity index (χ3v) is 3.63. The van der Waals surface area contributed by atoms with Gasteiger partial charge in [0, 0.05) is 14.2 Å². The summed E-state index contributed by atoms with van der Waals surface area (Å²) in [6.07, 6.45) is 1.49. The van der Waals surface area contributed by atoms with Crippen LogP contribution in [0.2, 0.25) is 0 Å². The normalized spacial score (nSPS) is 11.1. The van der Waals surface area contributed by atoms with E-state index in [9.17, 15) is 4.79 Å². The van der Waals surface area contributed by atoms with Gasteiger partial charge in [0.25, 0.3) is 5.91 Å². The summed E-state index contributed by atoms with van der Waals surface area (Å²) in [5, 5.41) is 8.61. The van der Waals surface area contributed by atoms with E-state index in [0.29, 0.717) is 0 Å². The Kier molecular flexibility index (Phi) is 3.44. The molecule has 1 aromatic heterocycles. The van der Waals surface area contributed by atoms with Crippen LogP contribution in [0.15, 0.2) is 16.1 Å². The van der Waals surface area contributed by atoms with Crippen LogP contribution in [-0.4, -0.2) is 5.91 Å². The molecule has 3 nitrogen and oxygen atoms in total. The number of hydrogen-bond acceptors (Lipinski definition) is 3. The van der Waals surface area contributed by atoms with Crippen molar-refractivity contribution in [1.29, 1.82) is 5.26 Å². The summed E-state index contributed by atoms with van der Waals surface area (Å²) in [6.45, 7) is 1.95. The third kappa shape index (κ3) is 2.44. The van der Waals surface area contributed by atoms with Crippen LogP contribution < -0.4 is 5.73 Å². The molecule has 5 heteroatoms. The Hall–Kier alpha value is -1.12. The van der Waals surface area contributed by atoms with Gasteiger partial charge in [-0.3, -0.25) is 4.79 Å². The molecule has 2 N–H and O–H groups in total. The third-order valence-electron chi connectivity index (χ3n) is 1.55. The lowest BCUT2D eigenvalue weighted by Crippen LogP contribution is -2.12. The van der Waals surface area contributed by atoms with Gasteiger partial charge in [-0.15, -0.1) is 11.3 Å². The quantitative estimate of drug-likeness (QED) is 0.662. The molecule has 1 amide bonds. The van der Waals surface area contributed by atoms with Crippen molar-refractivity contribution in [3.63, 3.8) is 0 Å². The average molecular weight is 271 g/mol. The second-order valence-corrected chi connectivity index (χ2v) is 4.73. The van der Waals surface area contributed by atoms with Crippen molar-refractivity contribution in [2.24, 2.45) is 5.73 Å². The zero-order valence-electron chi connectivity index (χ0n) is 7.37. The van der Waals surface area contributed by atoms with Crippen molar-refractivity contribution in [2.75, 3.05) is 0 Å². The fourth-order valence-corrected chi connectivity index (χ4v) is 2.36. The van der Waals surface area contributed by atoms with Gasteiger partial charge in [-0.2, -0.15) is 5.26 Å². The first-order valence-electron chi connectivity index (χ1n) is 3.72. The Morgan fingerprint density at radius 2 is 2.43 bits per heavy atom. The highest BCUT2D eigenvalue weighted by Gasteiger charge is 2.06. The molecule has 0 radical (unpaired) electrons. The molecule has 1 aromatic rings. The molecule has 0 fully saturated rings. The summed E-state index contributed by atoms with van der Waals surface area (Å²) in [4.78, 5) is 12.7. The van der Waals surface area contributed by atoms with E-state index in [2.05, 4.69) is 15.9 Å². The number of carbonyl (C=O) groups excluding carboxylic acids is 1. The highest BCUT2D eigenvalue weighted by atomic mass is 79.9. The lowest BCUT2D eigenvalue weighted by molar-refractivity contribution is -0.114. The Morgan fingerprint density at radius 1 is 1.79 bits per heavy atom. The van der Waals surface area contributed by atoms with Crippen LogP contribution in [0.3, 0.4) is 0 Å². The van der Waals surface area contributed by atoms with Gasteiger partial charge in [0.05, 0.1) is 0 Å². The van der Waals surface area contributed by atoms with Gasteiger partial charge in [0.15, 0.2) is 0 Å². The lowest BCUT2D eigenvalue weighted by atomic mass is 10.2. The van der Waals surface area contributed by atoms with Crippen molar-refractivity contribution in [1.82, 2.24) is 0 Å². The molecule has 0 atom stereocenters. The van der Waals surface area contributed by atoms with Crippen LogP contribution in [-0.2, 0) is 4.79 Å². The van der Waals surface area contributed by atoms with Crippen molar-refractivity contribution in [3.05, 3.63) is 25.9 Å². The number of rotatable bonds is 2. The summed E-state index contributed by atoms with van der Waals surface area (Å²) in [5.41, 5.74) is 4.97. The fraction of sp³-hybridized carbons (Fsp3) is 0.111. The Bertz CT molecular complexity index is 423. The number of halogens is 1. The standard InChI is InChI=1S/C9H7BrN2OS/c1-5-8(10)3-7(14-5)2-6(4-11)9(12)13/h2-3H,1H3,(H2,12,13)/b6-2+. The molecule has 0 saturated heterocycles. The topological polar surface area (TPSA) is 66.9 Å². The summed E-state index contributed by atoms with van der Waals surface area (Å²) >= 11 is 4.84. The number of amides is 1. The second-order valence-electron chi connectivity index (χ2n) is 2.59. The molecule has 0 aliphatic rings. The molecule has 0 aliphatic carbocycles. The van der Waals surface area contributed by atoms with Crippen LogP contribution in [0.4, 0.5) is 0 Å². The number of aryl methyl sites for hydroxylation is 1. The van der Waals surface area contributed by atoms with Crippen LogP contribution in [0.5, 0.6) is 0 Å². The molecular weight excluding hydrogens is 264 g/mol. The van der Waals surface area contributed by atoms with E-state index in [0.717, 1.165) is 14.2 Å². The van der Waals surface area contributed by atoms with E-state index < -0.39 is 5.91 Å². The van der Waals surface area contributed by atoms with Crippen molar-refractivity contribution < 1.29 is 4.79 Å². The van der Waals surface area contributed by atoms with Crippen molar-refractivity contribution in [2.45, 2.75) is 6.92 Å². The first-order chi connectivity index (χ1) is 6.54. The number of primary amides is 1. The van der Waals surface area contributed by atoms with Crippen LogP contribution >= 0.6 is 27.3 Å². The summed E-state index contributed by atoms with van der Waals surface area (Å²) in [5.74, 6) is -0.699. The highest BCUT2D eigenvalue weighted by Crippen LogP contribution is 2.27. The number of hydrogen-bond donors (Lipinski definition) is 1. The summed E-state index contributed by atoms with van der Waals surface area (Å²) in [7, 11) is 0. The molecule has 1 rings (SSSR count). The molecular formula is C9H7BrN2OS. The Labute approximate surface area is 94.0 Å². The van der Waals surface area contributed by atoms with Crippen LogP contribution in [0, 0.1) is 18.3 Å². The monoisotopic (exact) mass is 270 g/mol. The number of nitrogens with zero attached hydrogens (tertiary/aromatic N) is 1. The number of carbonyl (C=O) groups is 1. The van der Waals surface area contributed by atoms with E-state index in [-0.39, 0.29) is 5.57 Å². The zero-order chi connectivity index (χ0) is 10.7. The predicted molar refractivity (Wildman–Crippen MR) is 59.5 cm³/mol. The van der Waals surface area contributed by atoms with Gasteiger partial charge in [-0.05, 0) is 35.0 Å². The van der Waals surface area contributed by atoms with Crippen molar-refractivity contribution >= 4 is 39.2 Å². The van der Waals surface area contributed by atoms with Gasteiger partial charge in [-0.25, -0.2) is 0 Å². The maximum Gasteiger partial charge on any atom is 0.259 e. The van der Waals surface area contributed by atoms with Crippen LogP contribution in [0.1, 0.15) is 9.75 Å². The molecule has 0 saturated carbocycles. The lowest BCUT2D eigenvalue weighted by Gasteiger charge is -1.88. The van der Waals surface area contributed by atoms with Gasteiger partial charge >= 0.3 is 0 Å². The first-order valence-corrected chi connectivity index (χ1v) is 5.33. The van der Waals surface area contributed by atoms with E-state index >= 15 is 0 Å². The predicted octanol–water partition coefficient (Wildman–Crippen LogP) is 2.21. The number of nitriles is 1. The van der Waals surface area contributed by atoms with E-state index in [4.69, 9.17) is 11.0 Å². The van der Waals surface area contributed by atoms with Crippen LogP contribution in [0.25, 0.3) is 6.08 Å². The Balaban J connectivity index is 3.08. The second kappa shape index (κ2) is 4.40. The number of thiophene rings is 1. The molecule has 72 valence electrons. The largest absolute Gasteiger partial charge is 0.365 e. The van der Waals surface area contributed by atoms with Gasteiger partial charge in [-0.1, -0.05) is 0 Å². The molecule has 1 heterocycles. The summed E-state index contributed by atoms with van der Waals surface area (Å²) < 4.78 is 0.968. The van der Waals surface area contributed by atoms with Gasteiger partial charge < -0.3 is 5.73 Å². The smallest absolute Gasteiger partial charge is 0.259 e. The zero-order valence-corrected chi connectivity index (χ0v) is 9.78.